The number of para-hydroxylation sites is 2. The van der Waals surface area contributed by atoms with Crippen LogP contribution in [0.4, 0.5) is 11.4 Å². The minimum atomic E-state index is -3.77. The summed E-state index contributed by atoms with van der Waals surface area (Å²) in [4.78, 5) is 2.01. The van der Waals surface area contributed by atoms with E-state index in [1.54, 1.807) is 4.31 Å². The lowest BCUT2D eigenvalue weighted by atomic mass is 10.1. The van der Waals surface area contributed by atoms with Gasteiger partial charge in [-0.25, -0.2) is 12.7 Å². The molecule has 0 aliphatic carbocycles. The van der Waals surface area contributed by atoms with Gasteiger partial charge in [-0.2, -0.15) is 0 Å². The van der Waals surface area contributed by atoms with Crippen molar-refractivity contribution in [3.8, 4) is 0 Å². The highest BCUT2D eigenvalue weighted by atomic mass is 32.2. The van der Waals surface area contributed by atoms with E-state index in [1.807, 2.05) is 126 Å². The average Bonchev–Trinajstić information content (AvgIpc) is 3.08. The molecule has 5 heteroatoms. The summed E-state index contributed by atoms with van der Waals surface area (Å²) in [6, 6.07) is 38.4. The van der Waals surface area contributed by atoms with Crippen molar-refractivity contribution in [1.82, 2.24) is 0 Å². The molecule has 0 aromatic heterocycles. The summed E-state index contributed by atoms with van der Waals surface area (Å²) in [6.45, 7) is 0. The molecule has 4 aromatic rings. The zero-order valence-corrected chi connectivity index (χ0v) is 17.6. The average molecular weight is 427 g/mol. The Morgan fingerprint density at radius 3 is 1.45 bits per heavy atom. The van der Waals surface area contributed by atoms with Crippen molar-refractivity contribution in [3.05, 3.63) is 132 Å². The van der Waals surface area contributed by atoms with Gasteiger partial charge in [-0.3, -0.25) is 0 Å². The van der Waals surface area contributed by atoms with E-state index in [-0.39, 0.29) is 0 Å². The molecule has 0 spiro atoms. The van der Waals surface area contributed by atoms with Crippen LogP contribution in [0.5, 0.6) is 0 Å². The van der Waals surface area contributed by atoms with Crippen LogP contribution in [-0.2, 0) is 10.0 Å². The van der Waals surface area contributed by atoms with Gasteiger partial charge >= 0.3 is 0 Å². The first-order chi connectivity index (χ1) is 15.2. The molecule has 0 radical (unpaired) electrons. The zero-order valence-electron chi connectivity index (χ0n) is 16.8. The van der Waals surface area contributed by atoms with Gasteiger partial charge in [-0.15, -0.1) is 0 Å². The second kappa shape index (κ2) is 7.93. The molecule has 5 rings (SSSR count). The maximum absolute atomic E-state index is 14.1. The van der Waals surface area contributed by atoms with Crippen LogP contribution in [0.15, 0.2) is 121 Å². The molecular weight excluding hydrogens is 404 g/mol. The number of hydrogen-bond donors (Lipinski definition) is 0. The van der Waals surface area contributed by atoms with Crippen LogP contribution >= 0.6 is 0 Å². The summed E-state index contributed by atoms with van der Waals surface area (Å²) < 4.78 is 29.9. The van der Waals surface area contributed by atoms with Crippen LogP contribution in [0.3, 0.4) is 0 Å². The molecule has 2 unspecified atom stereocenters. The van der Waals surface area contributed by atoms with Gasteiger partial charge in [-0.05, 0) is 35.4 Å². The highest BCUT2D eigenvalue weighted by Gasteiger charge is 2.52. The number of sulfonamides is 1. The Morgan fingerprint density at radius 2 is 0.935 bits per heavy atom. The number of benzene rings is 4. The topological polar surface area (TPSA) is 40.6 Å². The Morgan fingerprint density at radius 1 is 0.516 bits per heavy atom. The van der Waals surface area contributed by atoms with Crippen molar-refractivity contribution in [2.75, 3.05) is 9.21 Å². The minimum absolute atomic E-state index is 0.513. The van der Waals surface area contributed by atoms with Crippen LogP contribution in [0.2, 0.25) is 0 Å². The van der Waals surface area contributed by atoms with Gasteiger partial charge in [0.15, 0.2) is 5.37 Å². The van der Waals surface area contributed by atoms with Gasteiger partial charge in [0, 0.05) is 5.69 Å². The highest BCUT2D eigenvalue weighted by molar-refractivity contribution is 7.93. The van der Waals surface area contributed by atoms with E-state index in [0.29, 0.717) is 5.69 Å². The van der Waals surface area contributed by atoms with Gasteiger partial charge in [0.25, 0.3) is 10.0 Å². The third-order valence-corrected chi connectivity index (χ3v) is 7.56. The van der Waals surface area contributed by atoms with Crippen molar-refractivity contribution in [3.63, 3.8) is 0 Å². The Balaban J connectivity index is 1.81. The van der Waals surface area contributed by atoms with Crippen LogP contribution in [0.25, 0.3) is 0 Å². The third-order valence-electron chi connectivity index (χ3n) is 5.54. The number of rotatable bonds is 4. The van der Waals surface area contributed by atoms with Crippen LogP contribution in [-0.4, -0.2) is 8.42 Å². The van der Waals surface area contributed by atoms with Gasteiger partial charge in [0.1, 0.15) is 6.17 Å². The number of hydrogen-bond acceptors (Lipinski definition) is 3. The van der Waals surface area contributed by atoms with Crippen molar-refractivity contribution >= 4 is 21.4 Å². The lowest BCUT2D eigenvalue weighted by Crippen LogP contribution is -2.32. The molecule has 1 saturated heterocycles. The van der Waals surface area contributed by atoms with Gasteiger partial charge in [0.2, 0.25) is 0 Å². The van der Waals surface area contributed by atoms with Crippen LogP contribution < -0.4 is 9.21 Å². The van der Waals surface area contributed by atoms with Crippen molar-refractivity contribution < 1.29 is 8.42 Å². The van der Waals surface area contributed by atoms with Crippen LogP contribution in [0.1, 0.15) is 22.7 Å². The van der Waals surface area contributed by atoms with Crippen molar-refractivity contribution in [2.45, 2.75) is 11.5 Å². The standard InChI is InChI=1S/C26H22N2O2S/c29-31(30)26(22-15-7-2-8-16-22)27(23-17-9-3-10-18-23)25(21-13-5-1-6-14-21)28(31)24-19-11-4-12-20-24/h1-20,25-26H. The van der Waals surface area contributed by atoms with E-state index >= 15 is 0 Å². The molecule has 1 aliphatic heterocycles. The third kappa shape index (κ3) is 3.37. The molecule has 0 bridgehead atoms. The molecule has 1 heterocycles. The largest absolute Gasteiger partial charge is 0.324 e. The molecule has 1 aliphatic rings. The predicted molar refractivity (Wildman–Crippen MR) is 125 cm³/mol. The molecule has 4 nitrogen and oxygen atoms in total. The summed E-state index contributed by atoms with van der Waals surface area (Å²) in [6.07, 6.45) is -0.513. The molecule has 2 atom stereocenters. The minimum Gasteiger partial charge on any atom is -0.324 e. The van der Waals surface area contributed by atoms with E-state index in [9.17, 15) is 8.42 Å². The highest BCUT2D eigenvalue weighted by Crippen LogP contribution is 2.50. The Bertz CT molecular complexity index is 1150. The summed E-state index contributed by atoms with van der Waals surface area (Å²) in [5.74, 6) is 0. The SMILES string of the molecule is O=S1(=O)C(c2ccccc2)N(c2ccccc2)C(c2ccccc2)N1c1ccccc1. The maximum Gasteiger partial charge on any atom is 0.262 e. The molecule has 0 amide bonds. The quantitative estimate of drug-likeness (QED) is 0.418. The summed E-state index contributed by atoms with van der Waals surface area (Å²) in [5.41, 5.74) is 3.16. The lowest BCUT2D eigenvalue weighted by Gasteiger charge is -2.32. The lowest BCUT2D eigenvalue weighted by molar-refractivity contribution is 0.590. The molecule has 31 heavy (non-hydrogen) atoms. The van der Waals surface area contributed by atoms with Crippen LogP contribution in [0, 0.1) is 0 Å². The van der Waals surface area contributed by atoms with Gasteiger partial charge in [-0.1, -0.05) is 97.1 Å². The zero-order chi connectivity index (χ0) is 21.3. The maximum atomic E-state index is 14.1. The fourth-order valence-electron chi connectivity index (χ4n) is 4.24. The smallest absolute Gasteiger partial charge is 0.262 e. The second-order valence-corrected chi connectivity index (χ2v) is 9.34. The predicted octanol–water partition coefficient (Wildman–Crippen LogP) is 5.74. The summed E-state index contributed by atoms with van der Waals surface area (Å²) >= 11 is 0. The fourth-order valence-corrected chi connectivity index (χ4v) is 6.40. The second-order valence-electron chi connectivity index (χ2n) is 7.47. The summed E-state index contributed by atoms with van der Waals surface area (Å²) in [5, 5.41) is -0.846. The van der Waals surface area contributed by atoms with E-state index in [2.05, 4.69) is 0 Å². The van der Waals surface area contributed by atoms with Gasteiger partial charge < -0.3 is 4.90 Å². The first kappa shape index (κ1) is 19.4. The van der Waals surface area contributed by atoms with E-state index in [0.717, 1.165) is 16.8 Å². The molecule has 0 N–H and O–H groups in total. The Kier molecular flexibility index (Phi) is 4.96. The van der Waals surface area contributed by atoms with E-state index < -0.39 is 21.6 Å². The van der Waals surface area contributed by atoms with E-state index in [1.165, 1.54) is 0 Å². The Labute approximate surface area is 183 Å². The number of anilines is 2. The first-order valence-corrected chi connectivity index (χ1v) is 11.7. The molecule has 4 aromatic carbocycles. The fraction of sp³-hybridized carbons (Fsp3) is 0.0769. The summed E-state index contributed by atoms with van der Waals surface area (Å²) in [7, 11) is -3.77. The molecule has 1 fully saturated rings. The first-order valence-electron chi connectivity index (χ1n) is 10.2. The normalized spacial score (nSPS) is 20.0. The molecule has 0 saturated carbocycles. The molecule has 154 valence electrons. The Hall–Kier alpha value is -3.57. The van der Waals surface area contributed by atoms with Crippen molar-refractivity contribution in [1.29, 1.82) is 0 Å². The van der Waals surface area contributed by atoms with Gasteiger partial charge in [0.05, 0.1) is 5.69 Å². The van der Waals surface area contributed by atoms with Crippen molar-refractivity contribution in [2.24, 2.45) is 0 Å². The molecular formula is C26H22N2O2S. The number of nitrogens with zero attached hydrogens (tertiary/aromatic N) is 2. The monoisotopic (exact) mass is 426 g/mol. The van der Waals surface area contributed by atoms with E-state index in [4.69, 9.17) is 0 Å².